The second-order valence-electron chi connectivity index (χ2n) is 9.72. The molecule has 1 aromatic carbocycles. The van der Waals surface area contributed by atoms with Gasteiger partial charge in [0.05, 0.1) is 19.3 Å². The lowest BCUT2D eigenvalue weighted by molar-refractivity contribution is -0.117. The van der Waals surface area contributed by atoms with Gasteiger partial charge >= 0.3 is 5.97 Å². The molecular weight excluding hydrogens is 390 g/mol. The van der Waals surface area contributed by atoms with E-state index in [1.807, 2.05) is 0 Å². The number of hydrogen-bond acceptors (Lipinski definition) is 4. The largest absolute Gasteiger partial charge is 0.464 e. The number of amides is 1. The highest BCUT2D eigenvalue weighted by Gasteiger charge is 2.49. The first kappa shape index (κ1) is 20.2. The number of nitrogens with zero attached hydrogens (tertiary/aromatic N) is 1. The van der Waals surface area contributed by atoms with Gasteiger partial charge in [-0.25, -0.2) is 4.79 Å². The Bertz CT molecular complexity index is 983. The topological polar surface area (TPSA) is 74.4 Å². The van der Waals surface area contributed by atoms with Crippen LogP contribution in [0.1, 0.15) is 50.5 Å². The Hall–Kier alpha value is -2.05. The molecule has 29 heavy (non-hydrogen) atoms. The van der Waals surface area contributed by atoms with Crippen molar-refractivity contribution in [2.75, 3.05) is 25.5 Å². The molecule has 1 saturated heterocycles. The Morgan fingerprint density at radius 3 is 2.79 bits per heavy atom. The fourth-order valence-electron chi connectivity index (χ4n) is 5.67. The standard InChI is InChI=1S/C22H28ClN3O3/c1-21(2)8-14-9-22(3,11-21)12-26(14)10-17(27)25-18-15-7-13(23)5-6-16(15)24-19(18)20(28)29-4/h5-7,14,24H,8-12H2,1-4H3,(H,25,27)/t14-,22+/m1/s1. The normalized spacial score (nSPS) is 25.9. The molecule has 2 atom stereocenters. The van der Waals surface area contributed by atoms with E-state index in [1.54, 1.807) is 18.2 Å². The van der Waals surface area contributed by atoms with Gasteiger partial charge in [0.25, 0.3) is 0 Å². The maximum absolute atomic E-state index is 13.0. The van der Waals surface area contributed by atoms with E-state index in [9.17, 15) is 9.59 Å². The number of likely N-dealkylation sites (tertiary alicyclic amines) is 1. The van der Waals surface area contributed by atoms with E-state index in [0.717, 1.165) is 24.9 Å². The van der Waals surface area contributed by atoms with Crippen molar-refractivity contribution in [2.24, 2.45) is 10.8 Å². The summed E-state index contributed by atoms with van der Waals surface area (Å²) in [6.07, 6.45) is 3.42. The smallest absolute Gasteiger partial charge is 0.356 e. The van der Waals surface area contributed by atoms with E-state index in [0.29, 0.717) is 34.1 Å². The summed E-state index contributed by atoms with van der Waals surface area (Å²) in [5.41, 5.74) is 1.93. The van der Waals surface area contributed by atoms with Crippen molar-refractivity contribution < 1.29 is 14.3 Å². The highest BCUT2D eigenvalue weighted by Crippen LogP contribution is 2.52. The van der Waals surface area contributed by atoms with Gasteiger partial charge in [0.15, 0.2) is 0 Å². The number of H-pyrrole nitrogens is 1. The molecule has 2 heterocycles. The number of halogens is 1. The minimum atomic E-state index is -0.529. The van der Waals surface area contributed by atoms with Crippen LogP contribution in [0.15, 0.2) is 18.2 Å². The van der Waals surface area contributed by atoms with Crippen LogP contribution in [0.3, 0.4) is 0 Å². The third-order valence-corrected chi connectivity index (χ3v) is 6.52. The van der Waals surface area contributed by atoms with Crippen LogP contribution in [-0.4, -0.2) is 48.0 Å². The quantitative estimate of drug-likeness (QED) is 0.721. The van der Waals surface area contributed by atoms with Crippen LogP contribution in [0.4, 0.5) is 5.69 Å². The Kier molecular flexibility index (Phi) is 4.90. The number of nitrogens with one attached hydrogen (secondary N) is 2. The molecule has 1 saturated carbocycles. The molecule has 2 aromatic rings. The molecule has 2 N–H and O–H groups in total. The molecule has 1 aliphatic heterocycles. The summed E-state index contributed by atoms with van der Waals surface area (Å²) in [6, 6.07) is 5.68. The van der Waals surface area contributed by atoms with Gasteiger partial charge < -0.3 is 15.0 Å². The first-order chi connectivity index (χ1) is 13.6. The highest BCUT2D eigenvalue weighted by atomic mass is 35.5. The third kappa shape index (κ3) is 3.88. The summed E-state index contributed by atoms with van der Waals surface area (Å²) >= 11 is 6.14. The Morgan fingerprint density at radius 2 is 2.07 bits per heavy atom. The number of esters is 1. The zero-order chi connectivity index (χ0) is 21.0. The Morgan fingerprint density at radius 1 is 1.31 bits per heavy atom. The summed E-state index contributed by atoms with van der Waals surface area (Å²) in [7, 11) is 1.32. The maximum atomic E-state index is 13.0. The number of anilines is 1. The highest BCUT2D eigenvalue weighted by molar-refractivity contribution is 6.31. The average molecular weight is 418 g/mol. The van der Waals surface area contributed by atoms with Crippen molar-refractivity contribution in [1.82, 2.24) is 9.88 Å². The van der Waals surface area contributed by atoms with Crippen molar-refractivity contribution >= 4 is 40.1 Å². The van der Waals surface area contributed by atoms with Gasteiger partial charge in [-0.3, -0.25) is 9.69 Å². The van der Waals surface area contributed by atoms with Crippen molar-refractivity contribution in [3.05, 3.63) is 28.9 Å². The molecule has 2 fully saturated rings. The minimum Gasteiger partial charge on any atom is -0.464 e. The number of rotatable bonds is 4. The van der Waals surface area contributed by atoms with Gasteiger partial charge in [0.1, 0.15) is 5.69 Å². The number of fused-ring (bicyclic) bond motifs is 3. The van der Waals surface area contributed by atoms with Crippen LogP contribution in [-0.2, 0) is 9.53 Å². The number of benzene rings is 1. The molecule has 2 aliphatic rings. The number of methoxy groups -OCH3 is 1. The maximum Gasteiger partial charge on any atom is 0.356 e. The minimum absolute atomic E-state index is 0.134. The SMILES string of the molecule is COC(=O)c1[nH]c2ccc(Cl)cc2c1NC(=O)CN1C[C@@]2(C)C[C@H]1CC(C)(C)C2. The summed E-state index contributed by atoms with van der Waals surface area (Å²) in [5, 5.41) is 4.17. The second-order valence-corrected chi connectivity index (χ2v) is 10.2. The van der Waals surface area contributed by atoms with E-state index in [-0.39, 0.29) is 17.0 Å². The average Bonchev–Trinajstić information content (AvgIpc) is 3.07. The van der Waals surface area contributed by atoms with Crippen LogP contribution >= 0.6 is 11.6 Å². The van der Waals surface area contributed by atoms with Crippen molar-refractivity contribution in [2.45, 2.75) is 46.1 Å². The molecular formula is C22H28ClN3O3. The monoisotopic (exact) mass is 417 g/mol. The number of aromatic nitrogens is 1. The number of carbonyl (C=O) groups is 2. The number of hydrogen-bond donors (Lipinski definition) is 2. The Labute approximate surface area is 175 Å². The first-order valence-electron chi connectivity index (χ1n) is 10.0. The fourth-order valence-corrected chi connectivity index (χ4v) is 5.85. The predicted molar refractivity (Wildman–Crippen MR) is 114 cm³/mol. The Balaban J connectivity index is 1.57. The lowest BCUT2D eigenvalue weighted by Gasteiger charge is -2.39. The van der Waals surface area contributed by atoms with Crippen LogP contribution < -0.4 is 5.32 Å². The van der Waals surface area contributed by atoms with Gasteiger partial charge in [-0.1, -0.05) is 32.4 Å². The predicted octanol–water partition coefficient (Wildman–Crippen LogP) is 4.45. The summed E-state index contributed by atoms with van der Waals surface area (Å²) in [5.74, 6) is -0.663. The van der Waals surface area contributed by atoms with Crippen molar-refractivity contribution in [1.29, 1.82) is 0 Å². The van der Waals surface area contributed by atoms with Crippen molar-refractivity contribution in [3.63, 3.8) is 0 Å². The lowest BCUT2D eigenvalue weighted by atomic mass is 9.65. The second kappa shape index (κ2) is 7.03. The van der Waals surface area contributed by atoms with Crippen molar-refractivity contribution in [3.8, 4) is 0 Å². The van der Waals surface area contributed by atoms with Crippen LogP contribution in [0.5, 0.6) is 0 Å². The summed E-state index contributed by atoms with van der Waals surface area (Å²) < 4.78 is 4.88. The molecule has 6 nitrogen and oxygen atoms in total. The molecule has 156 valence electrons. The molecule has 0 unspecified atom stereocenters. The molecule has 7 heteroatoms. The molecule has 2 bridgehead atoms. The van der Waals surface area contributed by atoms with Gasteiger partial charge in [-0.2, -0.15) is 0 Å². The zero-order valence-corrected chi connectivity index (χ0v) is 18.2. The molecule has 1 aromatic heterocycles. The molecule has 1 aliphatic carbocycles. The van der Waals surface area contributed by atoms with E-state index in [2.05, 4.69) is 36.0 Å². The van der Waals surface area contributed by atoms with E-state index >= 15 is 0 Å². The number of ether oxygens (including phenoxy) is 1. The van der Waals surface area contributed by atoms with E-state index in [1.165, 1.54) is 13.5 Å². The van der Waals surface area contributed by atoms with Gasteiger partial charge in [-0.15, -0.1) is 0 Å². The van der Waals surface area contributed by atoms with Crippen LogP contribution in [0, 0.1) is 10.8 Å². The lowest BCUT2D eigenvalue weighted by Crippen LogP contribution is -2.38. The molecule has 1 amide bonds. The fraction of sp³-hybridized carbons (Fsp3) is 0.545. The number of aromatic amines is 1. The molecule has 0 spiro atoms. The molecule has 4 rings (SSSR count). The van der Waals surface area contributed by atoms with Gasteiger partial charge in [-0.05, 0) is 48.3 Å². The summed E-state index contributed by atoms with van der Waals surface area (Å²) in [4.78, 5) is 30.5. The van der Waals surface area contributed by atoms with E-state index in [4.69, 9.17) is 16.3 Å². The van der Waals surface area contributed by atoms with Crippen LogP contribution in [0.25, 0.3) is 10.9 Å². The summed E-state index contributed by atoms with van der Waals surface area (Å²) in [6.45, 7) is 8.21. The van der Waals surface area contributed by atoms with Gasteiger partial charge in [0.2, 0.25) is 5.91 Å². The van der Waals surface area contributed by atoms with E-state index < -0.39 is 5.97 Å². The number of carbonyl (C=O) groups excluding carboxylic acids is 2. The van der Waals surface area contributed by atoms with Gasteiger partial charge in [0, 0.05) is 28.5 Å². The van der Waals surface area contributed by atoms with Crippen LogP contribution in [0.2, 0.25) is 5.02 Å². The molecule has 0 radical (unpaired) electrons. The first-order valence-corrected chi connectivity index (χ1v) is 10.4. The third-order valence-electron chi connectivity index (χ3n) is 6.28. The zero-order valence-electron chi connectivity index (χ0n) is 17.4.